The normalized spacial score (nSPS) is 11.6. The minimum atomic E-state index is 0.727. The lowest BCUT2D eigenvalue weighted by molar-refractivity contribution is 1.23. The van der Waals surface area contributed by atoms with Crippen LogP contribution in [0.5, 0.6) is 0 Å². The Morgan fingerprint density at radius 1 is 0.400 bits per heavy atom. The third-order valence-corrected chi connectivity index (χ3v) is 9.83. The summed E-state index contributed by atoms with van der Waals surface area (Å²) in [5.74, 6) is 0.727. The molecule has 0 fully saturated rings. The molecule has 2 aromatic heterocycles. The van der Waals surface area contributed by atoms with Crippen molar-refractivity contribution in [2.24, 2.45) is 0 Å². The Bertz CT molecular complexity index is 2530. The summed E-state index contributed by atoms with van der Waals surface area (Å²) in [7, 11) is 0. The highest BCUT2D eigenvalue weighted by Gasteiger charge is 2.16. The molecular formula is C42H26N2S. The quantitative estimate of drug-likeness (QED) is 0.191. The maximum atomic E-state index is 5.28. The van der Waals surface area contributed by atoms with Crippen LogP contribution in [0.25, 0.3) is 86.7 Å². The molecule has 3 heteroatoms. The molecular weight excluding hydrogens is 565 g/mol. The minimum absolute atomic E-state index is 0.727. The third-order valence-electron chi connectivity index (χ3n) is 8.69. The average molecular weight is 591 g/mol. The van der Waals surface area contributed by atoms with Gasteiger partial charge in [-0.3, -0.25) is 0 Å². The maximum absolute atomic E-state index is 5.28. The van der Waals surface area contributed by atoms with Crippen LogP contribution in [0, 0.1) is 0 Å². The predicted octanol–water partition coefficient (Wildman–Crippen LogP) is 11.8. The van der Waals surface area contributed by atoms with Gasteiger partial charge in [0.2, 0.25) is 0 Å². The monoisotopic (exact) mass is 590 g/mol. The van der Waals surface area contributed by atoms with Crippen molar-refractivity contribution in [2.75, 3.05) is 0 Å². The summed E-state index contributed by atoms with van der Waals surface area (Å²) in [6, 6.07) is 56.1. The molecule has 0 radical (unpaired) electrons. The van der Waals surface area contributed by atoms with E-state index in [1.165, 1.54) is 42.2 Å². The summed E-state index contributed by atoms with van der Waals surface area (Å²) in [4.78, 5) is 10.5. The summed E-state index contributed by atoms with van der Waals surface area (Å²) in [6.07, 6.45) is 0. The smallest absolute Gasteiger partial charge is 0.160 e. The van der Waals surface area contributed by atoms with Gasteiger partial charge >= 0.3 is 0 Å². The first kappa shape index (κ1) is 25.8. The summed E-state index contributed by atoms with van der Waals surface area (Å²) in [5, 5.41) is 5.96. The van der Waals surface area contributed by atoms with Crippen molar-refractivity contribution in [3.8, 4) is 44.9 Å². The molecule has 0 amide bonds. The average Bonchev–Trinajstić information content (AvgIpc) is 3.51. The Morgan fingerprint density at radius 2 is 1.07 bits per heavy atom. The first-order valence-electron chi connectivity index (χ1n) is 15.2. The Labute approximate surface area is 264 Å². The number of hydrogen-bond acceptors (Lipinski definition) is 3. The van der Waals surface area contributed by atoms with E-state index in [9.17, 15) is 0 Å². The Kier molecular flexibility index (Phi) is 6.03. The molecule has 9 aromatic rings. The molecule has 0 atom stereocenters. The van der Waals surface area contributed by atoms with Crippen molar-refractivity contribution in [3.63, 3.8) is 0 Å². The lowest BCUT2D eigenvalue weighted by atomic mass is 9.97. The summed E-state index contributed by atoms with van der Waals surface area (Å²) in [5.41, 5.74) is 8.77. The van der Waals surface area contributed by atoms with Gasteiger partial charge in [0, 0.05) is 42.1 Å². The predicted molar refractivity (Wildman–Crippen MR) is 192 cm³/mol. The molecule has 0 aliphatic heterocycles. The van der Waals surface area contributed by atoms with Crippen LogP contribution in [-0.2, 0) is 0 Å². The zero-order valence-electron chi connectivity index (χ0n) is 24.3. The summed E-state index contributed by atoms with van der Waals surface area (Å²) in [6.45, 7) is 0. The second kappa shape index (κ2) is 10.5. The minimum Gasteiger partial charge on any atom is -0.227 e. The Hall–Kier alpha value is -5.64. The third kappa shape index (κ3) is 4.40. The molecule has 9 rings (SSSR count). The molecule has 7 aromatic carbocycles. The number of hydrogen-bond donors (Lipinski definition) is 0. The summed E-state index contributed by atoms with van der Waals surface area (Å²) >= 11 is 1.85. The summed E-state index contributed by atoms with van der Waals surface area (Å²) < 4.78 is 2.61. The molecule has 0 saturated heterocycles. The van der Waals surface area contributed by atoms with Crippen molar-refractivity contribution in [2.45, 2.75) is 0 Å². The molecule has 0 spiro atoms. The van der Waals surface area contributed by atoms with Crippen molar-refractivity contribution in [1.82, 2.24) is 9.97 Å². The van der Waals surface area contributed by atoms with E-state index in [-0.39, 0.29) is 0 Å². The molecule has 210 valence electrons. The van der Waals surface area contributed by atoms with Crippen LogP contribution in [0.2, 0.25) is 0 Å². The molecule has 45 heavy (non-hydrogen) atoms. The molecule has 2 nitrogen and oxygen atoms in total. The largest absolute Gasteiger partial charge is 0.227 e. The number of aromatic nitrogens is 2. The van der Waals surface area contributed by atoms with E-state index in [2.05, 4.69) is 158 Å². The van der Waals surface area contributed by atoms with Crippen molar-refractivity contribution >= 4 is 53.2 Å². The van der Waals surface area contributed by atoms with Gasteiger partial charge in [-0.05, 0) is 51.9 Å². The van der Waals surface area contributed by atoms with E-state index in [0.717, 1.165) is 44.5 Å². The molecule has 2 heterocycles. The number of nitrogens with zero attached hydrogens (tertiary/aromatic N) is 2. The number of fused-ring (bicyclic) bond motifs is 6. The topological polar surface area (TPSA) is 25.8 Å². The van der Waals surface area contributed by atoms with Crippen LogP contribution in [-0.4, -0.2) is 9.97 Å². The number of rotatable bonds is 4. The van der Waals surface area contributed by atoms with E-state index in [4.69, 9.17) is 9.97 Å². The van der Waals surface area contributed by atoms with Gasteiger partial charge in [-0.1, -0.05) is 133 Å². The highest BCUT2D eigenvalue weighted by molar-refractivity contribution is 7.25. The SMILES string of the molecule is c1ccc(-c2ccc(-c3nc(-c4cccc(-c5cccc6sc7ccccc7c56)c4)nc4c3ccc3ccccc34)cc2)cc1. The van der Waals surface area contributed by atoms with Crippen LogP contribution in [0.4, 0.5) is 0 Å². The Morgan fingerprint density at radius 3 is 1.96 bits per heavy atom. The van der Waals surface area contributed by atoms with Gasteiger partial charge in [0.1, 0.15) is 0 Å². The van der Waals surface area contributed by atoms with E-state index in [1.54, 1.807) is 0 Å². The van der Waals surface area contributed by atoms with Gasteiger partial charge < -0.3 is 0 Å². The van der Waals surface area contributed by atoms with Crippen LogP contribution in [0.15, 0.2) is 158 Å². The molecule has 0 aliphatic carbocycles. The zero-order chi connectivity index (χ0) is 29.7. The molecule has 0 unspecified atom stereocenters. The van der Waals surface area contributed by atoms with Crippen LogP contribution in [0.1, 0.15) is 0 Å². The van der Waals surface area contributed by atoms with E-state index < -0.39 is 0 Å². The lowest BCUT2D eigenvalue weighted by Crippen LogP contribution is -1.96. The van der Waals surface area contributed by atoms with Crippen LogP contribution < -0.4 is 0 Å². The molecule has 0 aliphatic rings. The van der Waals surface area contributed by atoms with Crippen molar-refractivity contribution < 1.29 is 0 Å². The molecule has 0 saturated carbocycles. The van der Waals surface area contributed by atoms with Gasteiger partial charge in [0.05, 0.1) is 11.2 Å². The number of thiophene rings is 1. The van der Waals surface area contributed by atoms with E-state index in [0.29, 0.717) is 0 Å². The first-order chi connectivity index (χ1) is 22.3. The highest BCUT2D eigenvalue weighted by atomic mass is 32.1. The molecule has 0 bridgehead atoms. The Balaban J connectivity index is 1.24. The van der Waals surface area contributed by atoms with Crippen molar-refractivity contribution in [1.29, 1.82) is 0 Å². The fourth-order valence-electron chi connectivity index (χ4n) is 6.51. The fourth-order valence-corrected chi connectivity index (χ4v) is 7.64. The van der Waals surface area contributed by atoms with Gasteiger partial charge in [-0.2, -0.15) is 0 Å². The van der Waals surface area contributed by atoms with Gasteiger partial charge in [0.15, 0.2) is 5.82 Å². The van der Waals surface area contributed by atoms with Gasteiger partial charge in [0.25, 0.3) is 0 Å². The second-order valence-corrected chi connectivity index (χ2v) is 12.5. The zero-order valence-corrected chi connectivity index (χ0v) is 25.1. The fraction of sp³-hybridized carbons (Fsp3) is 0. The van der Waals surface area contributed by atoms with Crippen LogP contribution in [0.3, 0.4) is 0 Å². The maximum Gasteiger partial charge on any atom is 0.160 e. The van der Waals surface area contributed by atoms with E-state index in [1.807, 2.05) is 11.3 Å². The first-order valence-corrected chi connectivity index (χ1v) is 16.0. The van der Waals surface area contributed by atoms with Crippen molar-refractivity contribution in [3.05, 3.63) is 158 Å². The van der Waals surface area contributed by atoms with E-state index >= 15 is 0 Å². The molecule has 0 N–H and O–H groups in total. The lowest BCUT2D eigenvalue weighted by Gasteiger charge is -2.13. The van der Waals surface area contributed by atoms with Gasteiger partial charge in [-0.25, -0.2) is 9.97 Å². The second-order valence-electron chi connectivity index (χ2n) is 11.4. The van der Waals surface area contributed by atoms with Gasteiger partial charge in [-0.15, -0.1) is 11.3 Å². The standard InChI is InChI=1S/C42H26N2S/c1-2-10-27(11-3-1)28-20-22-30(23-21-28)40-36-25-24-29-12-4-5-15-34(29)41(36)44-42(43-40)32-14-8-13-31(26-32)33-17-9-19-38-39(33)35-16-6-7-18-37(35)45-38/h1-26H. The number of benzene rings is 7. The van der Waals surface area contributed by atoms with Crippen LogP contribution >= 0.6 is 11.3 Å². The highest BCUT2D eigenvalue weighted by Crippen LogP contribution is 2.41.